The average Bonchev–Trinajstić information content (AvgIpc) is 3.40. The average molecular weight is 1020 g/mol. The molecule has 3 N–H and O–H groups in total. The maximum absolute atomic E-state index is 12.5. The van der Waals surface area contributed by atoms with Gasteiger partial charge < -0.3 is 15.5 Å². The summed E-state index contributed by atoms with van der Waals surface area (Å²) in [6, 6.07) is -0.648. The third-order valence-electron chi connectivity index (χ3n) is 15.2. The van der Waals surface area contributed by atoms with Crippen LogP contribution < -0.4 is 5.32 Å². The molecular weight excluding hydrogens is 891 g/mol. The first-order valence-corrected chi connectivity index (χ1v) is 33.0. The van der Waals surface area contributed by atoms with Crippen LogP contribution in [0.5, 0.6) is 0 Å². The van der Waals surface area contributed by atoms with Gasteiger partial charge in [0.2, 0.25) is 5.91 Å². The van der Waals surface area contributed by atoms with Crippen LogP contribution in [0.25, 0.3) is 0 Å². The van der Waals surface area contributed by atoms with Crippen molar-refractivity contribution >= 4 is 5.91 Å². The summed E-state index contributed by atoms with van der Waals surface area (Å²) in [5.41, 5.74) is 0. The molecule has 0 rings (SSSR count). The molecule has 0 fully saturated rings. The first kappa shape index (κ1) is 71.1. The number of nitrogens with one attached hydrogen (secondary N) is 1. The van der Waals surface area contributed by atoms with Crippen LogP contribution >= 0.6 is 0 Å². The number of aliphatic hydroxyl groups excluding tert-OH is 2. The van der Waals surface area contributed by atoms with Gasteiger partial charge in [-0.1, -0.05) is 331 Å². The number of allylic oxidation sites excluding steroid dienone is 9. The Morgan fingerprint density at radius 1 is 0.329 bits per heavy atom. The Bertz CT molecular complexity index is 1200. The molecule has 0 aliphatic heterocycles. The molecule has 0 bridgehead atoms. The summed E-state index contributed by atoms with van der Waals surface area (Å²) in [5, 5.41) is 23.2. The van der Waals surface area contributed by atoms with Gasteiger partial charge in [-0.2, -0.15) is 0 Å². The molecule has 2 atom stereocenters. The van der Waals surface area contributed by atoms with Crippen LogP contribution in [0.2, 0.25) is 0 Å². The first-order chi connectivity index (χ1) is 36.2. The van der Waals surface area contributed by atoms with Gasteiger partial charge in [0, 0.05) is 6.42 Å². The number of hydrogen-bond acceptors (Lipinski definition) is 3. The number of carbonyl (C=O) groups is 1. The number of amides is 1. The van der Waals surface area contributed by atoms with Crippen LogP contribution in [0.15, 0.2) is 60.8 Å². The van der Waals surface area contributed by atoms with Crippen LogP contribution in [0.4, 0.5) is 0 Å². The second kappa shape index (κ2) is 64.4. The number of hydrogen-bond donors (Lipinski definition) is 3. The Hall–Kier alpha value is -1.91. The van der Waals surface area contributed by atoms with E-state index in [2.05, 4.69) is 67.8 Å². The van der Waals surface area contributed by atoms with Crippen molar-refractivity contribution < 1.29 is 15.0 Å². The molecule has 4 nitrogen and oxygen atoms in total. The highest BCUT2D eigenvalue weighted by Crippen LogP contribution is 2.18. The Kier molecular flexibility index (Phi) is 62.7. The third-order valence-corrected chi connectivity index (χ3v) is 15.2. The predicted molar refractivity (Wildman–Crippen MR) is 327 cm³/mol. The molecule has 0 aromatic heterocycles. The quantitative estimate of drug-likeness (QED) is 0.0420. The van der Waals surface area contributed by atoms with Gasteiger partial charge in [-0.05, 0) is 77.0 Å². The second-order valence-electron chi connectivity index (χ2n) is 22.5. The van der Waals surface area contributed by atoms with Gasteiger partial charge in [0.25, 0.3) is 0 Å². The number of unbranched alkanes of at least 4 members (excludes halogenated alkanes) is 46. The number of aliphatic hydroxyl groups is 2. The second-order valence-corrected chi connectivity index (χ2v) is 22.5. The van der Waals surface area contributed by atoms with Gasteiger partial charge in [0.1, 0.15) is 0 Å². The molecule has 0 spiro atoms. The largest absolute Gasteiger partial charge is 0.394 e. The van der Waals surface area contributed by atoms with Crippen molar-refractivity contribution in [1.29, 1.82) is 0 Å². The molecule has 1 amide bonds. The highest BCUT2D eigenvalue weighted by atomic mass is 16.3. The molecule has 0 aliphatic rings. The topological polar surface area (TPSA) is 69.6 Å². The van der Waals surface area contributed by atoms with Gasteiger partial charge in [0.15, 0.2) is 0 Å². The zero-order valence-electron chi connectivity index (χ0n) is 49.4. The van der Waals surface area contributed by atoms with E-state index in [-0.39, 0.29) is 12.5 Å². The van der Waals surface area contributed by atoms with E-state index in [0.717, 1.165) is 44.9 Å². The Balaban J connectivity index is 3.50. The fourth-order valence-corrected chi connectivity index (χ4v) is 10.2. The minimum absolute atomic E-state index is 0.0737. The lowest BCUT2D eigenvalue weighted by atomic mass is 10.0. The van der Waals surface area contributed by atoms with Crippen molar-refractivity contribution in [3.63, 3.8) is 0 Å². The van der Waals surface area contributed by atoms with Crippen LogP contribution in [0, 0.1) is 0 Å². The highest BCUT2D eigenvalue weighted by Gasteiger charge is 2.18. The Labute approximate surface area is 457 Å². The summed E-state index contributed by atoms with van der Waals surface area (Å²) in [7, 11) is 0. The minimum Gasteiger partial charge on any atom is -0.394 e. The van der Waals surface area contributed by atoms with E-state index >= 15 is 0 Å². The van der Waals surface area contributed by atoms with E-state index in [9.17, 15) is 15.0 Å². The van der Waals surface area contributed by atoms with Gasteiger partial charge in [0.05, 0.1) is 18.8 Å². The van der Waals surface area contributed by atoms with E-state index in [1.807, 2.05) is 6.08 Å². The van der Waals surface area contributed by atoms with Crippen LogP contribution in [-0.4, -0.2) is 34.9 Å². The summed E-state index contributed by atoms with van der Waals surface area (Å²) < 4.78 is 0. The molecule has 0 aliphatic carbocycles. The molecule has 0 aromatic carbocycles. The molecule has 2 unspecified atom stereocenters. The predicted octanol–water partition coefficient (Wildman–Crippen LogP) is 22.3. The number of rotatable bonds is 61. The molecule has 0 saturated carbocycles. The lowest BCUT2D eigenvalue weighted by molar-refractivity contribution is -0.123. The van der Waals surface area contributed by atoms with Gasteiger partial charge in [-0.25, -0.2) is 0 Å². The van der Waals surface area contributed by atoms with E-state index in [1.165, 1.54) is 289 Å². The van der Waals surface area contributed by atoms with Crippen LogP contribution in [-0.2, 0) is 4.79 Å². The van der Waals surface area contributed by atoms with Crippen molar-refractivity contribution in [3.8, 4) is 0 Å². The van der Waals surface area contributed by atoms with Crippen molar-refractivity contribution in [3.05, 3.63) is 60.8 Å². The smallest absolute Gasteiger partial charge is 0.220 e. The SMILES string of the molecule is CCCCCCC/C=C\C/C=C\CCCCCCCCCCCCCCCCCCCC(=O)NC(CO)C(O)/C=C/CC/C=C/CC/C=C/CCCCCCCCCCCCCCCCCCCCCCCC. The van der Waals surface area contributed by atoms with Crippen molar-refractivity contribution in [2.45, 2.75) is 366 Å². The minimum atomic E-state index is -0.873. The van der Waals surface area contributed by atoms with Gasteiger partial charge >= 0.3 is 0 Å². The summed E-state index contributed by atoms with van der Waals surface area (Å²) in [6.07, 6.45) is 91.5. The monoisotopic (exact) mass is 1020 g/mol. The fourth-order valence-electron chi connectivity index (χ4n) is 10.2. The van der Waals surface area contributed by atoms with Crippen molar-refractivity contribution in [1.82, 2.24) is 5.32 Å². The van der Waals surface area contributed by atoms with E-state index in [4.69, 9.17) is 0 Å². The lowest BCUT2D eigenvalue weighted by Gasteiger charge is -2.19. The van der Waals surface area contributed by atoms with Gasteiger partial charge in [-0.3, -0.25) is 4.79 Å². The summed E-state index contributed by atoms with van der Waals surface area (Å²) in [5.74, 6) is -0.0737. The van der Waals surface area contributed by atoms with E-state index < -0.39 is 12.1 Å². The lowest BCUT2D eigenvalue weighted by Crippen LogP contribution is -2.45. The van der Waals surface area contributed by atoms with Crippen LogP contribution in [0.1, 0.15) is 354 Å². The van der Waals surface area contributed by atoms with Crippen LogP contribution in [0.3, 0.4) is 0 Å². The number of carbonyl (C=O) groups excluding carboxylic acids is 1. The van der Waals surface area contributed by atoms with Crippen molar-refractivity contribution in [2.75, 3.05) is 6.61 Å². The molecule has 0 aromatic rings. The Morgan fingerprint density at radius 3 is 0.877 bits per heavy atom. The molecule has 73 heavy (non-hydrogen) atoms. The molecule has 0 radical (unpaired) electrons. The van der Waals surface area contributed by atoms with Crippen molar-refractivity contribution in [2.24, 2.45) is 0 Å². The maximum Gasteiger partial charge on any atom is 0.220 e. The normalized spacial score (nSPS) is 13.1. The van der Waals surface area contributed by atoms with Gasteiger partial charge in [-0.15, -0.1) is 0 Å². The molecule has 4 heteroatoms. The Morgan fingerprint density at radius 2 is 0.575 bits per heavy atom. The zero-order valence-corrected chi connectivity index (χ0v) is 49.4. The molecular formula is C69H129NO3. The molecule has 0 heterocycles. The van der Waals surface area contributed by atoms with E-state index in [0.29, 0.717) is 6.42 Å². The summed E-state index contributed by atoms with van der Waals surface area (Å²) in [4.78, 5) is 12.5. The summed E-state index contributed by atoms with van der Waals surface area (Å²) in [6.45, 7) is 4.32. The molecule has 428 valence electrons. The first-order valence-electron chi connectivity index (χ1n) is 33.0. The summed E-state index contributed by atoms with van der Waals surface area (Å²) >= 11 is 0. The third kappa shape index (κ3) is 60.8. The maximum atomic E-state index is 12.5. The fraction of sp³-hybridized carbons (Fsp3) is 0.841. The molecule has 0 saturated heterocycles. The standard InChI is InChI=1S/C69H129NO3/c1-3-5-7-9-11-13-15-17-19-21-23-25-27-29-31-33-34-35-37-38-40-42-44-46-48-50-52-54-56-58-60-62-64-68(72)67(66-71)70-69(73)65-63-61-59-57-55-53-51-49-47-45-43-41-39-36-32-30-28-26-24-22-20-18-16-14-12-10-8-6-4-2/h16,18,22,24,46,48,54,56,62,64,67-68,71-72H,3-15,17,19-21,23,25-45,47,49-53,55,57-61,63,65-66H2,1-2H3,(H,70,73)/b18-16-,24-22-,48-46+,56-54+,64-62+. The highest BCUT2D eigenvalue weighted by molar-refractivity contribution is 5.76. The van der Waals surface area contributed by atoms with E-state index in [1.54, 1.807) is 6.08 Å². The zero-order chi connectivity index (χ0) is 52.7.